The van der Waals surface area contributed by atoms with Gasteiger partial charge in [0.2, 0.25) is 12.1 Å². The van der Waals surface area contributed by atoms with Gasteiger partial charge in [-0.05, 0) is 48.8 Å². The van der Waals surface area contributed by atoms with Gasteiger partial charge >= 0.3 is 0 Å². The molecule has 0 radical (unpaired) electrons. The lowest BCUT2D eigenvalue weighted by molar-refractivity contribution is -0.316. The molecule has 2 aromatic rings. The van der Waals surface area contributed by atoms with Crippen molar-refractivity contribution < 1.29 is 58.9 Å². The molecule has 1 saturated heterocycles. The molecule has 3 aliphatic heterocycles. The van der Waals surface area contributed by atoms with Crippen LogP contribution in [-0.2, 0) is 14.3 Å². The molecule has 6 unspecified atom stereocenters. The number of nitrogens with two attached hydrogens (primary N) is 1. The van der Waals surface area contributed by atoms with E-state index < -0.39 is 78.3 Å². The maximum Gasteiger partial charge on any atom is 0.253 e. The molecule has 258 valence electrons. The first-order chi connectivity index (χ1) is 23.3. The minimum Gasteiger partial charge on any atom is -0.507 e. The Balaban J connectivity index is 1.32. The number of aromatic hydroxyl groups is 1. The Bertz CT molecular complexity index is 1830. The van der Waals surface area contributed by atoms with Crippen LogP contribution in [-0.4, -0.2) is 111 Å². The minimum atomic E-state index is -2.38. The molecule has 0 spiro atoms. The largest absolute Gasteiger partial charge is 0.507 e. The molecule has 15 heteroatoms. The number of ketones is 2. The Morgan fingerprint density at radius 2 is 1.76 bits per heavy atom. The predicted molar refractivity (Wildman–Crippen MR) is 168 cm³/mol. The molecule has 0 saturated carbocycles. The van der Waals surface area contributed by atoms with E-state index in [0.717, 1.165) is 17.1 Å². The summed E-state index contributed by atoms with van der Waals surface area (Å²) in [6.07, 6.45) is -2.43. The van der Waals surface area contributed by atoms with Crippen molar-refractivity contribution >= 4 is 23.4 Å². The van der Waals surface area contributed by atoms with Gasteiger partial charge in [0.25, 0.3) is 11.8 Å². The Morgan fingerprint density at radius 1 is 1.06 bits per heavy atom. The van der Waals surface area contributed by atoms with E-state index in [1.807, 2.05) is 0 Å². The fourth-order valence-corrected chi connectivity index (χ4v) is 6.72. The fraction of sp³-hybridized carbons (Fsp3) is 0.353. The number of methoxy groups -OCH3 is 1. The highest BCUT2D eigenvalue weighted by atomic mass is 16.7. The number of ether oxygens (including phenoxy) is 3. The summed E-state index contributed by atoms with van der Waals surface area (Å²) in [6, 6.07) is 5.39. The number of phenolic OH excluding ortho intramolecular Hbond substituents is 1. The molecule has 0 bridgehead atoms. The average molecular weight is 678 g/mol. The standard InChI is InChI=1S/C34H35N3O12/c1-15-7-19-27(21(39)8-15)30(43)28-20(29(19)42)10-18(47-2)11-22(28)48-33-31(44)32(45)34(46,23(14-38)49-33)12-17(16-5-6-36-24(35)9-16)13-37-25(40)3-4-26(37)41/h3-5,7-11,17,23,31-33,36,38-39,44-46H,6,12-14,35H2,1-2H3. The van der Waals surface area contributed by atoms with Crippen LogP contribution in [0.4, 0.5) is 0 Å². The van der Waals surface area contributed by atoms with Crippen LogP contribution in [0.2, 0.25) is 0 Å². The van der Waals surface area contributed by atoms with E-state index in [1.165, 1.54) is 31.4 Å². The third-order valence-electron chi connectivity index (χ3n) is 9.21. The van der Waals surface area contributed by atoms with Crippen molar-refractivity contribution in [3.8, 4) is 17.2 Å². The molecule has 3 heterocycles. The zero-order valence-corrected chi connectivity index (χ0v) is 26.5. The molecule has 2 aromatic carbocycles. The first-order valence-corrected chi connectivity index (χ1v) is 15.4. The van der Waals surface area contributed by atoms with E-state index in [-0.39, 0.29) is 46.1 Å². The topological polar surface area (TPSA) is 238 Å². The molecule has 0 aromatic heterocycles. The molecule has 1 aliphatic carbocycles. The van der Waals surface area contributed by atoms with Gasteiger partial charge in [0, 0.05) is 48.4 Å². The number of aryl methyl sites for hydroxylation is 1. The molecule has 15 nitrogen and oxygen atoms in total. The van der Waals surface area contributed by atoms with E-state index >= 15 is 0 Å². The van der Waals surface area contributed by atoms with E-state index in [1.54, 1.807) is 19.1 Å². The van der Waals surface area contributed by atoms with Gasteiger partial charge in [-0.15, -0.1) is 0 Å². The van der Waals surface area contributed by atoms with Gasteiger partial charge in [0.1, 0.15) is 41.2 Å². The van der Waals surface area contributed by atoms with Crippen molar-refractivity contribution in [1.82, 2.24) is 10.2 Å². The minimum absolute atomic E-state index is 0.0212. The number of nitrogens with zero attached hydrogens (tertiary/aromatic N) is 1. The summed E-state index contributed by atoms with van der Waals surface area (Å²) in [5.41, 5.74) is 4.00. The highest BCUT2D eigenvalue weighted by Crippen LogP contribution is 2.43. The number of carbonyl (C=O) groups is 4. The van der Waals surface area contributed by atoms with Crippen LogP contribution >= 0.6 is 0 Å². The lowest BCUT2D eigenvalue weighted by Crippen LogP contribution is -2.68. The van der Waals surface area contributed by atoms with Gasteiger partial charge < -0.3 is 50.8 Å². The summed E-state index contributed by atoms with van der Waals surface area (Å²) >= 11 is 0. The second-order valence-corrected chi connectivity index (χ2v) is 12.3. The summed E-state index contributed by atoms with van der Waals surface area (Å²) < 4.78 is 17.1. The Kier molecular flexibility index (Phi) is 8.81. The number of hydrogen-bond donors (Lipinski definition) is 7. The van der Waals surface area contributed by atoms with E-state index in [4.69, 9.17) is 19.9 Å². The maximum absolute atomic E-state index is 13.8. The normalized spacial score (nSPS) is 26.9. The average Bonchev–Trinajstić information content (AvgIpc) is 3.38. The number of benzene rings is 2. The summed E-state index contributed by atoms with van der Waals surface area (Å²) in [5.74, 6) is -3.70. The number of nitrogens with one attached hydrogen (secondary N) is 1. The van der Waals surface area contributed by atoms with Gasteiger partial charge in [0.15, 0.2) is 5.78 Å². The number of allylic oxidation sites excluding steroid dienone is 1. The number of aliphatic hydroxyl groups excluding tert-OH is 3. The molecule has 1 fully saturated rings. The van der Waals surface area contributed by atoms with Crippen LogP contribution in [0.15, 0.2) is 60.0 Å². The van der Waals surface area contributed by atoms with E-state index in [9.17, 15) is 44.7 Å². The molecule has 4 aliphatic rings. The number of aliphatic hydroxyl groups is 4. The van der Waals surface area contributed by atoms with Crippen molar-refractivity contribution in [3.05, 3.63) is 87.8 Å². The summed E-state index contributed by atoms with van der Waals surface area (Å²) in [7, 11) is 1.32. The fourth-order valence-electron chi connectivity index (χ4n) is 6.72. The summed E-state index contributed by atoms with van der Waals surface area (Å²) in [6.45, 7) is 0.827. The van der Waals surface area contributed by atoms with Crippen LogP contribution in [0.25, 0.3) is 0 Å². The molecule has 49 heavy (non-hydrogen) atoms. The molecule has 2 amide bonds. The molecule has 6 atom stereocenters. The summed E-state index contributed by atoms with van der Waals surface area (Å²) in [4.78, 5) is 53.1. The zero-order valence-electron chi connectivity index (χ0n) is 26.5. The number of dihydropyridines is 1. The first kappa shape index (κ1) is 33.8. The van der Waals surface area contributed by atoms with Crippen molar-refractivity contribution in [2.24, 2.45) is 11.7 Å². The summed E-state index contributed by atoms with van der Waals surface area (Å²) in [5, 5.41) is 58.6. The van der Waals surface area contributed by atoms with Crippen LogP contribution in [0, 0.1) is 12.8 Å². The zero-order chi connectivity index (χ0) is 35.4. The van der Waals surface area contributed by atoms with Crippen LogP contribution in [0.5, 0.6) is 17.2 Å². The Morgan fingerprint density at radius 3 is 2.41 bits per heavy atom. The molecule has 6 rings (SSSR count). The van der Waals surface area contributed by atoms with E-state index in [2.05, 4.69) is 5.32 Å². The van der Waals surface area contributed by atoms with Crippen molar-refractivity contribution in [3.63, 3.8) is 0 Å². The maximum atomic E-state index is 13.8. The number of rotatable bonds is 9. The third kappa shape index (κ3) is 5.85. The van der Waals surface area contributed by atoms with Crippen LogP contribution < -0.4 is 20.5 Å². The molecule has 8 N–H and O–H groups in total. The molecular weight excluding hydrogens is 642 g/mol. The highest BCUT2D eigenvalue weighted by molar-refractivity contribution is 6.30. The van der Waals surface area contributed by atoms with Crippen molar-refractivity contribution in [2.75, 3.05) is 26.8 Å². The van der Waals surface area contributed by atoms with Gasteiger partial charge in [-0.3, -0.25) is 24.1 Å². The first-order valence-electron chi connectivity index (χ1n) is 15.4. The third-order valence-corrected chi connectivity index (χ3v) is 9.21. The van der Waals surface area contributed by atoms with Crippen LogP contribution in [0.1, 0.15) is 43.8 Å². The Labute approximate surface area is 279 Å². The van der Waals surface area contributed by atoms with Crippen molar-refractivity contribution in [1.29, 1.82) is 0 Å². The van der Waals surface area contributed by atoms with Crippen molar-refractivity contribution in [2.45, 2.75) is 43.5 Å². The monoisotopic (exact) mass is 677 g/mol. The van der Waals surface area contributed by atoms with Gasteiger partial charge in [-0.25, -0.2) is 0 Å². The molecular formula is C34H35N3O12. The number of amides is 2. The number of fused-ring (bicyclic) bond motifs is 2. The lowest BCUT2D eigenvalue weighted by Gasteiger charge is -2.49. The number of imide groups is 1. The smallest absolute Gasteiger partial charge is 0.253 e. The number of phenols is 1. The predicted octanol–water partition coefficient (Wildman–Crippen LogP) is -0.705. The highest BCUT2D eigenvalue weighted by Gasteiger charge is 2.56. The van der Waals surface area contributed by atoms with Crippen LogP contribution in [0.3, 0.4) is 0 Å². The second kappa shape index (κ2) is 12.8. The van der Waals surface area contributed by atoms with Gasteiger partial charge in [-0.1, -0.05) is 6.08 Å². The number of hydrogen-bond acceptors (Lipinski definition) is 14. The number of carbonyl (C=O) groups excluding carboxylic acids is 4. The van der Waals surface area contributed by atoms with E-state index in [0.29, 0.717) is 17.7 Å². The SMILES string of the molecule is COc1cc(OC2OC(CO)C(O)(CC(CN3C(=O)C=CC3=O)C3=CCNC(N)=C3)C(O)C2O)c2c(c1)C(=O)c1cc(C)cc(O)c1C2=O. The Hall–Kier alpha value is -5.06. The second-order valence-electron chi connectivity index (χ2n) is 12.3. The lowest BCUT2D eigenvalue weighted by atomic mass is 9.75. The van der Waals surface area contributed by atoms with Gasteiger partial charge in [-0.2, -0.15) is 0 Å². The quantitative estimate of drug-likeness (QED) is 0.139. The van der Waals surface area contributed by atoms with Gasteiger partial charge in [0.05, 0.1) is 30.7 Å².